The molecule has 3 rings (SSSR count). The minimum atomic E-state index is -0.389. The lowest BCUT2D eigenvalue weighted by molar-refractivity contribution is 0.0883. The highest BCUT2D eigenvalue weighted by Gasteiger charge is 2.22. The Morgan fingerprint density at radius 3 is 2.35 bits per heavy atom. The highest BCUT2D eigenvalue weighted by Crippen LogP contribution is 2.22. The first kappa shape index (κ1) is 16.1. The summed E-state index contributed by atoms with van der Waals surface area (Å²) in [4.78, 5) is 16.4. The van der Waals surface area contributed by atoms with Gasteiger partial charge in [-0.05, 0) is 49.9 Å². The van der Waals surface area contributed by atoms with Crippen LogP contribution in [0.1, 0.15) is 38.5 Å². The number of urea groups is 1. The maximum atomic E-state index is 12.2. The van der Waals surface area contributed by atoms with Crippen molar-refractivity contribution < 1.29 is 9.90 Å². The zero-order valence-corrected chi connectivity index (χ0v) is 13.7. The second-order valence-corrected chi connectivity index (χ2v) is 6.62. The normalized spacial score (nSPS) is 22.6. The average molecular weight is 317 g/mol. The van der Waals surface area contributed by atoms with E-state index in [0.717, 1.165) is 38.2 Å². The maximum Gasteiger partial charge on any atom is 0.321 e. The number of hydrogen-bond acceptors (Lipinski definition) is 3. The van der Waals surface area contributed by atoms with Crippen molar-refractivity contribution in [2.75, 3.05) is 36.4 Å². The Kier molecular flexibility index (Phi) is 5.39. The molecular weight excluding hydrogens is 290 g/mol. The van der Waals surface area contributed by atoms with Gasteiger partial charge in [0.05, 0.1) is 6.10 Å². The van der Waals surface area contributed by atoms with Crippen LogP contribution < -0.4 is 10.2 Å². The van der Waals surface area contributed by atoms with Gasteiger partial charge in [-0.15, -0.1) is 0 Å². The Morgan fingerprint density at radius 2 is 1.70 bits per heavy atom. The van der Waals surface area contributed by atoms with Crippen LogP contribution in [0.5, 0.6) is 0 Å². The van der Waals surface area contributed by atoms with Crippen LogP contribution in [0.15, 0.2) is 24.3 Å². The van der Waals surface area contributed by atoms with Crippen LogP contribution in [0.4, 0.5) is 16.2 Å². The van der Waals surface area contributed by atoms with E-state index in [9.17, 15) is 9.90 Å². The molecule has 0 bridgehead atoms. The van der Waals surface area contributed by atoms with Gasteiger partial charge in [-0.1, -0.05) is 12.8 Å². The molecule has 0 radical (unpaired) electrons. The molecule has 1 aromatic rings. The quantitative estimate of drug-likeness (QED) is 0.881. The predicted octanol–water partition coefficient (Wildman–Crippen LogP) is 3.06. The Morgan fingerprint density at radius 1 is 1.00 bits per heavy atom. The van der Waals surface area contributed by atoms with Gasteiger partial charge in [-0.2, -0.15) is 0 Å². The molecule has 0 spiro atoms. The van der Waals surface area contributed by atoms with Crippen LogP contribution in [0.2, 0.25) is 0 Å². The summed E-state index contributed by atoms with van der Waals surface area (Å²) >= 11 is 0. The third-order valence-electron chi connectivity index (χ3n) is 4.77. The number of carbonyl (C=O) groups excluding carboxylic acids is 1. The number of anilines is 2. The molecule has 1 atom stereocenters. The predicted molar refractivity (Wildman–Crippen MR) is 93.0 cm³/mol. The Hall–Kier alpha value is -1.75. The zero-order chi connectivity index (χ0) is 16.1. The molecule has 0 aliphatic carbocycles. The zero-order valence-electron chi connectivity index (χ0n) is 13.7. The van der Waals surface area contributed by atoms with Crippen molar-refractivity contribution in [1.82, 2.24) is 4.90 Å². The molecule has 23 heavy (non-hydrogen) atoms. The molecular formula is C18H27N3O2. The highest BCUT2D eigenvalue weighted by atomic mass is 16.3. The second kappa shape index (κ2) is 7.68. The summed E-state index contributed by atoms with van der Waals surface area (Å²) < 4.78 is 0. The van der Waals surface area contributed by atoms with Crippen LogP contribution in [0.3, 0.4) is 0 Å². The van der Waals surface area contributed by atoms with Gasteiger partial charge < -0.3 is 20.2 Å². The van der Waals surface area contributed by atoms with Crippen molar-refractivity contribution in [1.29, 1.82) is 0 Å². The van der Waals surface area contributed by atoms with Crippen molar-refractivity contribution in [2.45, 2.75) is 44.6 Å². The van der Waals surface area contributed by atoms with Gasteiger partial charge >= 0.3 is 6.03 Å². The lowest BCUT2D eigenvalue weighted by Crippen LogP contribution is -2.44. The molecule has 5 nitrogen and oxygen atoms in total. The summed E-state index contributed by atoms with van der Waals surface area (Å²) in [5.74, 6) is 0. The molecule has 2 aliphatic rings. The second-order valence-electron chi connectivity index (χ2n) is 6.62. The first-order valence-corrected chi connectivity index (χ1v) is 8.81. The summed E-state index contributed by atoms with van der Waals surface area (Å²) in [6, 6.07) is 8.00. The van der Waals surface area contributed by atoms with Crippen molar-refractivity contribution in [3.05, 3.63) is 24.3 Å². The monoisotopic (exact) mass is 317 g/mol. The van der Waals surface area contributed by atoms with Crippen LogP contribution in [0, 0.1) is 0 Å². The SMILES string of the molecule is O=C(Nc1ccc(N2CCCCCC2)cc1)N1CCCC(O)C1. The van der Waals surface area contributed by atoms with E-state index in [-0.39, 0.29) is 12.1 Å². The molecule has 0 aromatic heterocycles. The largest absolute Gasteiger partial charge is 0.391 e. The number of aliphatic hydroxyl groups excluding tert-OH is 1. The van der Waals surface area contributed by atoms with Gasteiger partial charge in [0.1, 0.15) is 0 Å². The van der Waals surface area contributed by atoms with Crippen molar-refractivity contribution >= 4 is 17.4 Å². The molecule has 2 saturated heterocycles. The number of β-amino-alcohol motifs (C(OH)–C–C–N with tert-alkyl or cyclic N) is 1. The van der Waals surface area contributed by atoms with E-state index in [4.69, 9.17) is 0 Å². The van der Waals surface area contributed by atoms with Gasteiger partial charge in [0, 0.05) is 37.6 Å². The van der Waals surface area contributed by atoms with E-state index in [0.29, 0.717) is 6.54 Å². The molecule has 0 saturated carbocycles. The van der Waals surface area contributed by atoms with E-state index in [1.807, 2.05) is 12.1 Å². The summed E-state index contributed by atoms with van der Waals surface area (Å²) in [6.07, 6.45) is 6.43. The van der Waals surface area contributed by atoms with Crippen molar-refractivity contribution in [3.8, 4) is 0 Å². The van der Waals surface area contributed by atoms with Gasteiger partial charge in [0.15, 0.2) is 0 Å². The number of carbonyl (C=O) groups is 1. The molecule has 2 N–H and O–H groups in total. The highest BCUT2D eigenvalue weighted by molar-refractivity contribution is 5.89. The molecule has 2 heterocycles. The Bertz CT molecular complexity index is 510. The van der Waals surface area contributed by atoms with Gasteiger partial charge in [0.2, 0.25) is 0 Å². The number of aliphatic hydroxyl groups is 1. The smallest absolute Gasteiger partial charge is 0.321 e. The number of hydrogen-bond donors (Lipinski definition) is 2. The lowest BCUT2D eigenvalue weighted by Gasteiger charge is -2.30. The summed E-state index contributed by atoms with van der Waals surface area (Å²) in [6.45, 7) is 3.39. The fourth-order valence-corrected chi connectivity index (χ4v) is 3.43. The van der Waals surface area contributed by atoms with E-state index in [1.165, 1.54) is 31.4 Å². The summed E-state index contributed by atoms with van der Waals surface area (Å²) in [7, 11) is 0. The van der Waals surface area contributed by atoms with Crippen LogP contribution in [0.25, 0.3) is 0 Å². The fourth-order valence-electron chi connectivity index (χ4n) is 3.43. The van der Waals surface area contributed by atoms with Gasteiger partial charge in [-0.3, -0.25) is 0 Å². The Balaban J connectivity index is 1.57. The summed E-state index contributed by atoms with van der Waals surface area (Å²) in [5.41, 5.74) is 2.05. The van der Waals surface area contributed by atoms with Crippen LogP contribution in [-0.4, -0.2) is 48.3 Å². The standard InChI is InChI=1S/C18H27N3O2/c22-17-6-5-13-21(14-17)18(23)19-15-7-9-16(10-8-15)20-11-3-1-2-4-12-20/h7-10,17,22H,1-6,11-14H2,(H,19,23). The maximum absolute atomic E-state index is 12.2. The third kappa shape index (κ3) is 4.38. The lowest BCUT2D eigenvalue weighted by atomic mass is 10.1. The molecule has 1 aromatic carbocycles. The van der Waals surface area contributed by atoms with E-state index >= 15 is 0 Å². The number of amides is 2. The van der Waals surface area contributed by atoms with Crippen LogP contribution in [-0.2, 0) is 0 Å². The van der Waals surface area contributed by atoms with E-state index in [2.05, 4.69) is 22.3 Å². The van der Waals surface area contributed by atoms with Crippen molar-refractivity contribution in [3.63, 3.8) is 0 Å². The van der Waals surface area contributed by atoms with Crippen molar-refractivity contribution in [2.24, 2.45) is 0 Å². The topological polar surface area (TPSA) is 55.8 Å². The van der Waals surface area contributed by atoms with E-state index in [1.54, 1.807) is 4.90 Å². The first-order chi connectivity index (χ1) is 11.2. The number of piperidine rings is 1. The average Bonchev–Trinajstić information content (AvgIpc) is 2.85. The molecule has 2 amide bonds. The van der Waals surface area contributed by atoms with Gasteiger partial charge in [0.25, 0.3) is 0 Å². The van der Waals surface area contributed by atoms with Crippen LogP contribution >= 0.6 is 0 Å². The molecule has 1 unspecified atom stereocenters. The summed E-state index contributed by atoms with van der Waals surface area (Å²) in [5, 5.41) is 12.6. The minimum Gasteiger partial charge on any atom is -0.391 e. The number of nitrogens with one attached hydrogen (secondary N) is 1. The number of rotatable bonds is 2. The molecule has 5 heteroatoms. The number of benzene rings is 1. The van der Waals surface area contributed by atoms with Gasteiger partial charge in [-0.25, -0.2) is 4.79 Å². The first-order valence-electron chi connectivity index (χ1n) is 8.81. The Labute approximate surface area is 138 Å². The third-order valence-corrected chi connectivity index (χ3v) is 4.77. The molecule has 2 aliphatic heterocycles. The number of nitrogens with zero attached hydrogens (tertiary/aromatic N) is 2. The fraction of sp³-hybridized carbons (Fsp3) is 0.611. The minimum absolute atomic E-state index is 0.119. The number of likely N-dealkylation sites (tertiary alicyclic amines) is 1. The molecule has 2 fully saturated rings. The molecule has 126 valence electrons. The van der Waals surface area contributed by atoms with E-state index < -0.39 is 0 Å².